The monoisotopic (exact) mass is 412 g/mol. The zero-order chi connectivity index (χ0) is 20.8. The maximum Gasteiger partial charge on any atom is 0.345 e. The smallest absolute Gasteiger partial charge is 0.345 e. The van der Waals surface area contributed by atoms with Crippen molar-refractivity contribution in [2.24, 2.45) is 0 Å². The maximum atomic E-state index is 12.2. The van der Waals surface area contributed by atoms with E-state index in [1.165, 1.54) is 31.6 Å². The lowest BCUT2D eigenvalue weighted by molar-refractivity contribution is -0.143. The summed E-state index contributed by atoms with van der Waals surface area (Å²) in [6, 6.07) is 14.9. The van der Waals surface area contributed by atoms with Crippen molar-refractivity contribution >= 4 is 45.3 Å². The van der Waals surface area contributed by atoms with Gasteiger partial charge < -0.3 is 14.8 Å². The molecule has 29 heavy (non-hydrogen) atoms. The zero-order valence-corrected chi connectivity index (χ0v) is 16.8. The topological polar surface area (TPSA) is 86.6 Å². The third kappa shape index (κ3) is 4.72. The van der Waals surface area contributed by atoms with E-state index < -0.39 is 11.9 Å². The number of aromatic nitrogens is 1. The Morgan fingerprint density at radius 3 is 2.34 bits per heavy atom. The minimum Gasteiger partial charge on any atom is -0.465 e. The molecule has 1 N–H and O–H groups in total. The number of anilines is 1. The Labute approximate surface area is 171 Å². The second-order valence-electron chi connectivity index (χ2n) is 6.08. The van der Waals surface area contributed by atoms with Crippen LogP contribution in [0.3, 0.4) is 0 Å². The Morgan fingerprint density at radius 1 is 1.03 bits per heavy atom. The molecular weight excluding hydrogens is 392 g/mol. The van der Waals surface area contributed by atoms with E-state index in [9.17, 15) is 14.4 Å². The average Bonchev–Trinajstić information content (AvgIpc) is 3.07. The maximum absolute atomic E-state index is 12.2. The highest BCUT2D eigenvalue weighted by Gasteiger charge is 2.19. The van der Waals surface area contributed by atoms with Gasteiger partial charge in [0.25, 0.3) is 0 Å². The summed E-state index contributed by atoms with van der Waals surface area (Å²) in [7, 11) is 2.41. The number of para-hydroxylation sites is 1. The summed E-state index contributed by atoms with van der Waals surface area (Å²) in [5.74, 6) is -1.51. The average molecular weight is 412 g/mol. The fraction of sp³-hybridized carbons (Fsp3) is 0.190. The number of hydrogen-bond acceptors (Lipinski definition) is 7. The van der Waals surface area contributed by atoms with Crippen molar-refractivity contribution in [3.05, 3.63) is 69.3 Å². The van der Waals surface area contributed by atoms with Gasteiger partial charge in [0, 0.05) is 18.8 Å². The largest absolute Gasteiger partial charge is 0.465 e. The minimum absolute atomic E-state index is 0.0200. The number of hydrogen-bond donors (Lipinski definition) is 1. The molecule has 7 nitrogen and oxygen atoms in total. The Kier molecular flexibility index (Phi) is 6.46. The molecule has 0 saturated carbocycles. The van der Waals surface area contributed by atoms with E-state index >= 15 is 0 Å². The molecule has 0 atom stereocenters. The number of ether oxygens (including phenoxy) is 2. The van der Waals surface area contributed by atoms with Gasteiger partial charge in [0.1, 0.15) is 5.57 Å². The van der Waals surface area contributed by atoms with Gasteiger partial charge >= 0.3 is 16.8 Å². The van der Waals surface area contributed by atoms with Gasteiger partial charge in [-0.1, -0.05) is 35.6 Å². The second-order valence-corrected chi connectivity index (χ2v) is 7.07. The SMILES string of the molecule is COC(=O)C(=Cc1ccc(NCCn2c(=O)sc3ccccc32)cc1)C(=O)OC. The van der Waals surface area contributed by atoms with Gasteiger partial charge in [-0.2, -0.15) is 0 Å². The molecule has 0 bridgehead atoms. The number of rotatable bonds is 7. The van der Waals surface area contributed by atoms with Crippen LogP contribution >= 0.6 is 11.3 Å². The van der Waals surface area contributed by atoms with Gasteiger partial charge in [-0.15, -0.1) is 0 Å². The molecular formula is C21H20N2O5S. The first-order valence-corrected chi connectivity index (χ1v) is 9.65. The van der Waals surface area contributed by atoms with E-state index in [1.807, 2.05) is 36.4 Å². The third-order valence-corrected chi connectivity index (χ3v) is 5.23. The highest BCUT2D eigenvalue weighted by atomic mass is 32.1. The predicted molar refractivity (Wildman–Crippen MR) is 113 cm³/mol. The number of fused-ring (bicyclic) bond motifs is 1. The number of carbonyl (C=O) groups is 2. The van der Waals surface area contributed by atoms with Gasteiger partial charge in [0.15, 0.2) is 0 Å². The first-order chi connectivity index (χ1) is 14.0. The number of thiazole rings is 1. The van der Waals surface area contributed by atoms with Crippen LogP contribution < -0.4 is 10.2 Å². The standard InChI is InChI=1S/C21H20N2O5S/c1-27-19(24)16(20(25)28-2)13-14-7-9-15(10-8-14)22-11-12-23-17-5-3-4-6-18(17)29-21(23)26/h3-10,13,22H,11-12H2,1-2H3. The van der Waals surface area contributed by atoms with Crippen LogP contribution in [0.1, 0.15) is 5.56 Å². The van der Waals surface area contributed by atoms with Crippen molar-refractivity contribution in [3.8, 4) is 0 Å². The molecule has 8 heteroatoms. The van der Waals surface area contributed by atoms with Gasteiger partial charge in [-0.3, -0.25) is 9.36 Å². The highest BCUT2D eigenvalue weighted by Crippen LogP contribution is 2.17. The van der Waals surface area contributed by atoms with Gasteiger partial charge in [-0.25, -0.2) is 9.59 Å². The molecule has 3 aromatic rings. The number of nitrogens with one attached hydrogen (secondary N) is 1. The number of nitrogens with zero attached hydrogens (tertiary/aromatic N) is 1. The molecule has 3 rings (SSSR count). The van der Waals surface area contributed by atoms with Gasteiger partial charge in [-0.05, 0) is 35.9 Å². The first-order valence-electron chi connectivity index (χ1n) is 8.84. The van der Waals surface area contributed by atoms with Crippen LogP contribution in [-0.2, 0) is 25.6 Å². The van der Waals surface area contributed by atoms with Crippen LogP contribution in [0.2, 0.25) is 0 Å². The molecule has 0 spiro atoms. The fourth-order valence-corrected chi connectivity index (χ4v) is 3.74. The van der Waals surface area contributed by atoms with Crippen molar-refractivity contribution in [1.82, 2.24) is 4.57 Å². The summed E-state index contributed by atoms with van der Waals surface area (Å²) in [6.07, 6.45) is 1.42. The minimum atomic E-state index is -0.757. The zero-order valence-electron chi connectivity index (χ0n) is 16.0. The molecule has 0 aliphatic rings. The lowest BCUT2D eigenvalue weighted by Crippen LogP contribution is -2.18. The Bertz CT molecular complexity index is 1090. The molecule has 2 aromatic carbocycles. The number of esters is 2. The number of carbonyl (C=O) groups excluding carboxylic acids is 2. The molecule has 150 valence electrons. The fourth-order valence-electron chi connectivity index (χ4n) is 2.82. The molecule has 0 aliphatic carbocycles. The summed E-state index contributed by atoms with van der Waals surface area (Å²) in [5.41, 5.74) is 2.26. The van der Waals surface area contributed by atoms with Crippen LogP contribution in [0.5, 0.6) is 0 Å². The van der Waals surface area contributed by atoms with E-state index in [0.29, 0.717) is 18.7 Å². The van der Waals surface area contributed by atoms with Crippen molar-refractivity contribution in [2.75, 3.05) is 26.1 Å². The van der Waals surface area contributed by atoms with Crippen molar-refractivity contribution < 1.29 is 19.1 Å². The highest BCUT2D eigenvalue weighted by molar-refractivity contribution is 7.16. The van der Waals surface area contributed by atoms with Crippen LogP contribution in [-0.4, -0.2) is 37.3 Å². The van der Waals surface area contributed by atoms with Crippen LogP contribution in [0.25, 0.3) is 16.3 Å². The molecule has 0 fully saturated rings. The van der Waals surface area contributed by atoms with E-state index in [-0.39, 0.29) is 10.4 Å². The third-order valence-electron chi connectivity index (χ3n) is 4.27. The number of methoxy groups -OCH3 is 2. The molecule has 0 amide bonds. The van der Waals surface area contributed by atoms with Crippen LogP contribution in [0.15, 0.2) is 58.9 Å². The number of benzene rings is 2. The second kappa shape index (κ2) is 9.20. The van der Waals surface area contributed by atoms with E-state index in [2.05, 4.69) is 14.8 Å². The summed E-state index contributed by atoms with van der Waals surface area (Å²) in [4.78, 5) is 35.6. The van der Waals surface area contributed by atoms with Gasteiger partial charge in [0.05, 0.1) is 24.4 Å². The lowest BCUT2D eigenvalue weighted by Gasteiger charge is -2.08. The van der Waals surface area contributed by atoms with Crippen molar-refractivity contribution in [2.45, 2.75) is 6.54 Å². The van der Waals surface area contributed by atoms with E-state index in [1.54, 1.807) is 16.7 Å². The lowest BCUT2D eigenvalue weighted by atomic mass is 10.1. The molecule has 1 heterocycles. The summed E-state index contributed by atoms with van der Waals surface area (Å²) in [6.45, 7) is 1.12. The summed E-state index contributed by atoms with van der Waals surface area (Å²) >= 11 is 1.24. The van der Waals surface area contributed by atoms with Crippen LogP contribution in [0, 0.1) is 0 Å². The van der Waals surface area contributed by atoms with Crippen LogP contribution in [0.4, 0.5) is 5.69 Å². The Hall–Kier alpha value is -3.39. The Morgan fingerprint density at radius 2 is 1.69 bits per heavy atom. The Balaban J connectivity index is 1.67. The molecule has 0 saturated heterocycles. The predicted octanol–water partition coefficient (Wildman–Crippen LogP) is 2.90. The molecule has 0 unspecified atom stereocenters. The van der Waals surface area contributed by atoms with Crippen molar-refractivity contribution in [1.29, 1.82) is 0 Å². The normalized spacial score (nSPS) is 10.4. The van der Waals surface area contributed by atoms with E-state index in [0.717, 1.165) is 15.9 Å². The summed E-state index contributed by atoms with van der Waals surface area (Å²) in [5, 5.41) is 3.26. The van der Waals surface area contributed by atoms with Crippen molar-refractivity contribution in [3.63, 3.8) is 0 Å². The first kappa shape index (κ1) is 20.3. The molecule has 0 radical (unpaired) electrons. The quantitative estimate of drug-likeness (QED) is 0.278. The van der Waals surface area contributed by atoms with Gasteiger partial charge in [0.2, 0.25) is 0 Å². The molecule has 0 aliphatic heterocycles. The van der Waals surface area contributed by atoms with E-state index in [4.69, 9.17) is 0 Å². The summed E-state index contributed by atoms with van der Waals surface area (Å²) < 4.78 is 12.0. The molecule has 1 aromatic heterocycles.